The molecule has 4 rings (SSSR count). The molecular weight excluding hydrogens is 384 g/mol. The van der Waals surface area contributed by atoms with E-state index in [9.17, 15) is 9.59 Å². The number of nitrogens with zero attached hydrogens (tertiary/aromatic N) is 3. The summed E-state index contributed by atoms with van der Waals surface area (Å²) in [5.74, 6) is 1.21. The Morgan fingerprint density at radius 3 is 2.63 bits per heavy atom. The highest BCUT2D eigenvalue weighted by atomic mass is 16.5. The summed E-state index contributed by atoms with van der Waals surface area (Å²) in [5.41, 5.74) is 7.81. The van der Waals surface area contributed by atoms with Crippen LogP contribution in [0.1, 0.15) is 13.2 Å². The Morgan fingerprint density at radius 2 is 1.90 bits per heavy atom. The normalized spacial score (nSPS) is 11.9. The smallest absolute Gasteiger partial charge is 0.295 e. The van der Waals surface area contributed by atoms with Gasteiger partial charge in [-0.25, -0.2) is 4.68 Å². The van der Waals surface area contributed by atoms with Crippen LogP contribution >= 0.6 is 0 Å². The van der Waals surface area contributed by atoms with Crippen LogP contribution in [-0.4, -0.2) is 20.8 Å². The van der Waals surface area contributed by atoms with Crippen LogP contribution in [0, 0.1) is 0 Å². The number of nitrogen functional groups attached to an aromatic ring is 1. The van der Waals surface area contributed by atoms with Gasteiger partial charge in [0.2, 0.25) is 0 Å². The maximum atomic E-state index is 12.8. The summed E-state index contributed by atoms with van der Waals surface area (Å²) < 4.78 is 13.9. The average molecular weight is 404 g/mol. The Labute approximate surface area is 172 Å². The van der Waals surface area contributed by atoms with Crippen molar-refractivity contribution in [2.24, 2.45) is 7.05 Å². The van der Waals surface area contributed by atoms with Gasteiger partial charge in [0.05, 0.1) is 0 Å². The van der Waals surface area contributed by atoms with Crippen molar-refractivity contribution < 1.29 is 14.3 Å². The molecule has 152 valence electrons. The minimum absolute atomic E-state index is 0.311. The number of hydrogen-bond donors (Lipinski definition) is 1. The van der Waals surface area contributed by atoms with E-state index < -0.39 is 6.23 Å². The highest BCUT2D eigenvalue weighted by Gasteiger charge is 2.20. The Morgan fingerprint density at radius 1 is 1.13 bits per heavy atom. The fraction of sp³-hybridized carbons (Fsp3) is 0.136. The molecule has 0 aliphatic rings. The van der Waals surface area contributed by atoms with E-state index in [1.807, 2.05) is 30.3 Å². The van der Waals surface area contributed by atoms with Crippen molar-refractivity contribution >= 4 is 23.1 Å². The zero-order chi connectivity index (χ0) is 21.3. The fourth-order valence-electron chi connectivity index (χ4n) is 3.35. The Kier molecular flexibility index (Phi) is 4.97. The summed E-state index contributed by atoms with van der Waals surface area (Å²) in [6, 6.07) is 16.4. The van der Waals surface area contributed by atoms with Crippen molar-refractivity contribution in [3.05, 3.63) is 71.1 Å². The number of fused-ring (bicyclic) bond motifs is 1. The number of aromatic nitrogens is 3. The summed E-state index contributed by atoms with van der Waals surface area (Å²) >= 11 is 0. The molecule has 4 aromatic rings. The van der Waals surface area contributed by atoms with Crippen LogP contribution < -0.4 is 16.0 Å². The third-order valence-corrected chi connectivity index (χ3v) is 4.79. The molecule has 0 radical (unpaired) electrons. The number of hydrogen-bond acceptors (Lipinski definition) is 6. The predicted octanol–water partition coefficient (Wildman–Crippen LogP) is 3.47. The van der Waals surface area contributed by atoms with Crippen molar-refractivity contribution in [1.82, 2.24) is 14.3 Å². The van der Waals surface area contributed by atoms with E-state index in [4.69, 9.17) is 15.2 Å². The first-order chi connectivity index (χ1) is 14.5. The lowest BCUT2D eigenvalue weighted by Crippen LogP contribution is -2.23. The number of rotatable bonds is 6. The van der Waals surface area contributed by atoms with Gasteiger partial charge in [-0.15, -0.1) is 0 Å². The van der Waals surface area contributed by atoms with Gasteiger partial charge in [0.15, 0.2) is 6.23 Å². The second kappa shape index (κ2) is 7.75. The van der Waals surface area contributed by atoms with Crippen LogP contribution in [0.2, 0.25) is 0 Å². The van der Waals surface area contributed by atoms with Gasteiger partial charge in [0.25, 0.3) is 12.0 Å². The van der Waals surface area contributed by atoms with Gasteiger partial charge >= 0.3 is 0 Å². The van der Waals surface area contributed by atoms with Crippen LogP contribution in [0.5, 0.6) is 11.5 Å². The van der Waals surface area contributed by atoms with E-state index >= 15 is 0 Å². The first-order valence-electron chi connectivity index (χ1n) is 9.29. The Hall–Kier alpha value is -4.07. The molecule has 0 saturated heterocycles. The van der Waals surface area contributed by atoms with Gasteiger partial charge in [-0.1, -0.05) is 18.2 Å². The average Bonchev–Trinajstić information content (AvgIpc) is 3.19. The summed E-state index contributed by atoms with van der Waals surface area (Å²) in [4.78, 5) is 23.6. The van der Waals surface area contributed by atoms with Crippen LogP contribution in [-0.2, 0) is 16.6 Å². The molecule has 0 aliphatic carbocycles. The van der Waals surface area contributed by atoms with Gasteiger partial charge in [0.1, 0.15) is 22.7 Å². The molecule has 0 spiro atoms. The maximum absolute atomic E-state index is 12.8. The van der Waals surface area contributed by atoms with Gasteiger partial charge < -0.3 is 19.8 Å². The number of nitrogens with two attached hydrogens (primary N) is 1. The lowest BCUT2D eigenvalue weighted by atomic mass is 10.1. The van der Waals surface area contributed by atoms with Crippen LogP contribution in [0.15, 0.2) is 65.6 Å². The molecule has 0 saturated carbocycles. The van der Waals surface area contributed by atoms with Crippen LogP contribution in [0.3, 0.4) is 0 Å². The van der Waals surface area contributed by atoms with Crippen molar-refractivity contribution in [3.8, 4) is 22.8 Å². The molecule has 0 bridgehead atoms. The molecule has 2 aromatic carbocycles. The van der Waals surface area contributed by atoms with E-state index in [1.54, 1.807) is 49.0 Å². The van der Waals surface area contributed by atoms with Gasteiger partial charge in [-0.05, 0) is 43.3 Å². The SMILES string of the molecule is CC(OC=O)n1ccc2c(-c3cc(N)ccc3Oc3ccccc3)nn(C)c(=O)c21. The number of anilines is 1. The molecule has 2 aromatic heterocycles. The van der Waals surface area contributed by atoms with E-state index in [0.29, 0.717) is 45.8 Å². The highest BCUT2D eigenvalue weighted by Crippen LogP contribution is 2.37. The third-order valence-electron chi connectivity index (χ3n) is 4.79. The summed E-state index contributed by atoms with van der Waals surface area (Å²) in [5, 5.41) is 5.08. The number of benzene rings is 2. The minimum atomic E-state index is -0.649. The second-order valence-corrected chi connectivity index (χ2v) is 6.76. The second-order valence-electron chi connectivity index (χ2n) is 6.76. The molecular formula is C22H20N4O4. The molecule has 8 heteroatoms. The predicted molar refractivity (Wildman–Crippen MR) is 113 cm³/mol. The quantitative estimate of drug-likeness (QED) is 0.390. The van der Waals surface area contributed by atoms with Gasteiger partial charge in [-0.3, -0.25) is 9.59 Å². The lowest BCUT2D eigenvalue weighted by molar-refractivity contribution is -0.136. The van der Waals surface area contributed by atoms with Crippen molar-refractivity contribution in [3.63, 3.8) is 0 Å². The van der Waals surface area contributed by atoms with E-state index in [0.717, 1.165) is 0 Å². The zero-order valence-corrected chi connectivity index (χ0v) is 16.5. The molecule has 1 unspecified atom stereocenters. The summed E-state index contributed by atoms with van der Waals surface area (Å²) in [6.45, 7) is 2.03. The standard InChI is InChI=1S/C22H20N4O4/c1-14(29-13-27)26-11-10-17-20(24-25(2)22(28)21(17)26)18-12-15(23)8-9-19(18)30-16-6-4-3-5-7-16/h3-14H,23H2,1-2H3. The Bertz CT molecular complexity index is 1280. The van der Waals surface area contributed by atoms with Crippen molar-refractivity contribution in [1.29, 1.82) is 0 Å². The molecule has 0 aliphatic heterocycles. The molecule has 2 heterocycles. The maximum Gasteiger partial charge on any atom is 0.295 e. The minimum Gasteiger partial charge on any atom is -0.457 e. The first-order valence-corrected chi connectivity index (χ1v) is 9.29. The topological polar surface area (TPSA) is 101 Å². The highest BCUT2D eigenvalue weighted by molar-refractivity contribution is 5.94. The first kappa shape index (κ1) is 19.3. The molecule has 0 fully saturated rings. The largest absolute Gasteiger partial charge is 0.457 e. The van der Waals surface area contributed by atoms with Crippen molar-refractivity contribution in [2.45, 2.75) is 13.2 Å². The van der Waals surface area contributed by atoms with E-state index in [2.05, 4.69) is 5.10 Å². The number of carbonyl (C=O) groups excluding carboxylic acids is 1. The molecule has 8 nitrogen and oxygen atoms in total. The number of ether oxygens (including phenoxy) is 2. The number of para-hydroxylation sites is 1. The third kappa shape index (κ3) is 3.39. The number of aryl methyl sites for hydroxylation is 1. The summed E-state index contributed by atoms with van der Waals surface area (Å²) in [6.07, 6.45) is 1.04. The Balaban J connectivity index is 1.94. The van der Waals surface area contributed by atoms with Gasteiger partial charge in [-0.2, -0.15) is 5.10 Å². The van der Waals surface area contributed by atoms with Gasteiger partial charge in [0, 0.05) is 29.9 Å². The van der Waals surface area contributed by atoms with E-state index in [1.165, 1.54) is 4.68 Å². The number of carbonyl (C=O) groups is 1. The summed E-state index contributed by atoms with van der Waals surface area (Å²) in [7, 11) is 1.57. The van der Waals surface area contributed by atoms with Crippen LogP contribution in [0.25, 0.3) is 22.2 Å². The molecule has 30 heavy (non-hydrogen) atoms. The monoisotopic (exact) mass is 404 g/mol. The fourth-order valence-corrected chi connectivity index (χ4v) is 3.35. The molecule has 1 atom stereocenters. The zero-order valence-electron chi connectivity index (χ0n) is 16.5. The molecule has 2 N–H and O–H groups in total. The van der Waals surface area contributed by atoms with Crippen LogP contribution in [0.4, 0.5) is 5.69 Å². The van der Waals surface area contributed by atoms with E-state index in [-0.39, 0.29) is 5.56 Å². The lowest BCUT2D eigenvalue weighted by Gasteiger charge is -2.15. The molecule has 0 amide bonds. The van der Waals surface area contributed by atoms with Crippen molar-refractivity contribution in [2.75, 3.05) is 5.73 Å².